The molecule has 3 aromatic rings. The van der Waals surface area contributed by atoms with Crippen LogP contribution in [0.3, 0.4) is 0 Å². The number of hydrogen-bond donors (Lipinski definition) is 3. The number of anilines is 1. The maximum absolute atomic E-state index is 13.7. The average molecular weight is 569 g/mol. The third kappa shape index (κ3) is 4.57. The Labute approximate surface area is 221 Å². The van der Waals surface area contributed by atoms with E-state index in [1.807, 2.05) is 0 Å². The van der Waals surface area contributed by atoms with E-state index in [0.29, 0.717) is 17.8 Å². The highest BCUT2D eigenvalue weighted by Crippen LogP contribution is 2.56. The van der Waals surface area contributed by atoms with Gasteiger partial charge in [0.2, 0.25) is 0 Å². The molecule has 2 saturated carbocycles. The number of benzene rings is 2. The smallest absolute Gasteiger partial charge is 0.255 e. The lowest BCUT2D eigenvalue weighted by molar-refractivity contribution is -0.144. The van der Waals surface area contributed by atoms with Gasteiger partial charge in [-0.1, -0.05) is 11.6 Å². The van der Waals surface area contributed by atoms with Crippen LogP contribution in [0.2, 0.25) is 5.02 Å². The Morgan fingerprint density at radius 1 is 1.14 bits per heavy atom. The van der Waals surface area contributed by atoms with Crippen molar-refractivity contribution in [2.75, 3.05) is 5.32 Å². The number of aliphatic hydroxyl groups is 2. The minimum absolute atomic E-state index is 0.00480. The van der Waals surface area contributed by atoms with Gasteiger partial charge >= 0.3 is 0 Å². The fraction of sp³-hybridized carbons (Fsp3) is 0.360. The Morgan fingerprint density at radius 2 is 1.84 bits per heavy atom. The highest BCUT2D eigenvalue weighted by molar-refractivity contribution is 7.92. The Balaban J connectivity index is 1.39. The van der Waals surface area contributed by atoms with Crippen LogP contribution in [0.5, 0.6) is 0 Å². The number of hydrogen-bond acceptors (Lipinski definition) is 7. The molecule has 2 bridgehead atoms. The maximum Gasteiger partial charge on any atom is 0.255 e. The van der Waals surface area contributed by atoms with E-state index in [2.05, 4.69) is 10.3 Å². The number of halogens is 3. The molecule has 12 heteroatoms. The lowest BCUT2D eigenvalue weighted by atomic mass is 9.71. The van der Waals surface area contributed by atoms with Crippen LogP contribution in [-0.2, 0) is 9.84 Å². The second kappa shape index (κ2) is 9.70. The number of carbonyl (C=O) groups is 1. The molecule has 1 amide bonds. The number of aliphatic hydroxyl groups excluding tert-OH is 1. The molecule has 0 radical (unpaired) electrons. The molecular formula is C25H23ClF2N2O5S2. The number of rotatable bonds is 6. The normalized spacial score (nSPS) is 26.1. The fourth-order valence-electron chi connectivity index (χ4n) is 5.63. The van der Waals surface area contributed by atoms with Gasteiger partial charge in [-0.25, -0.2) is 22.2 Å². The first-order valence-electron chi connectivity index (χ1n) is 11.6. The number of thiazole rings is 1. The molecule has 1 heterocycles. The number of nitrogens with one attached hydrogen (secondary N) is 1. The summed E-state index contributed by atoms with van der Waals surface area (Å²) in [6.07, 6.45) is 1.72. The van der Waals surface area contributed by atoms with Crippen LogP contribution < -0.4 is 5.32 Å². The summed E-state index contributed by atoms with van der Waals surface area (Å²) in [5.41, 5.74) is -1.49. The van der Waals surface area contributed by atoms with Crippen molar-refractivity contribution in [3.8, 4) is 0 Å². The summed E-state index contributed by atoms with van der Waals surface area (Å²) < 4.78 is 54.1. The van der Waals surface area contributed by atoms with Crippen LogP contribution in [-0.4, -0.2) is 40.4 Å². The molecule has 2 aromatic carbocycles. The van der Waals surface area contributed by atoms with Gasteiger partial charge in [0, 0.05) is 28.9 Å². The molecule has 37 heavy (non-hydrogen) atoms. The topological polar surface area (TPSA) is 117 Å². The summed E-state index contributed by atoms with van der Waals surface area (Å²) in [6, 6.07) is 6.68. The van der Waals surface area contributed by atoms with E-state index in [4.69, 9.17) is 11.6 Å². The zero-order valence-electron chi connectivity index (χ0n) is 19.3. The number of carbonyl (C=O) groups excluding carboxylic acids is 1. The fourth-order valence-corrected chi connectivity index (χ4v) is 8.73. The lowest BCUT2D eigenvalue weighted by Crippen LogP contribution is -2.52. The van der Waals surface area contributed by atoms with Crippen LogP contribution in [0.4, 0.5) is 14.5 Å². The van der Waals surface area contributed by atoms with Crippen molar-refractivity contribution < 1.29 is 32.2 Å². The Bertz CT molecular complexity index is 1440. The van der Waals surface area contributed by atoms with E-state index in [1.165, 1.54) is 35.6 Å². The van der Waals surface area contributed by atoms with Crippen LogP contribution >= 0.6 is 22.9 Å². The first-order valence-corrected chi connectivity index (χ1v) is 14.4. The summed E-state index contributed by atoms with van der Waals surface area (Å²) >= 11 is 7.50. The molecule has 7 nitrogen and oxygen atoms in total. The highest BCUT2D eigenvalue weighted by Gasteiger charge is 2.59. The van der Waals surface area contributed by atoms with Gasteiger partial charge in [0.1, 0.15) is 16.7 Å². The van der Waals surface area contributed by atoms with Crippen LogP contribution in [0, 0.1) is 23.5 Å². The predicted octanol–water partition coefficient (Wildman–Crippen LogP) is 4.75. The van der Waals surface area contributed by atoms with Gasteiger partial charge in [0.25, 0.3) is 5.91 Å². The van der Waals surface area contributed by atoms with Gasteiger partial charge in [-0.05, 0) is 67.9 Å². The quantitative estimate of drug-likeness (QED) is 0.395. The summed E-state index contributed by atoms with van der Waals surface area (Å²) in [5, 5.41) is 26.0. The second-order valence-corrected chi connectivity index (χ2v) is 13.0. The van der Waals surface area contributed by atoms with Crippen molar-refractivity contribution in [2.45, 2.75) is 47.5 Å². The SMILES string of the molecule is O=C(Nc1ccc(F)c(F)c1)c1ccc(Cl)c(S(=O)(=O)C2CC3CCC(C2)C3(O)C(O)c2nccs2)c1. The number of nitrogens with zero attached hydrogens (tertiary/aromatic N) is 1. The zero-order chi connectivity index (χ0) is 26.5. The molecule has 3 unspecified atom stereocenters. The monoisotopic (exact) mass is 568 g/mol. The summed E-state index contributed by atoms with van der Waals surface area (Å²) in [5.74, 6) is -3.83. The molecule has 196 valence electrons. The molecule has 1 aromatic heterocycles. The molecular weight excluding hydrogens is 546 g/mol. The van der Waals surface area contributed by atoms with Crippen LogP contribution in [0.25, 0.3) is 0 Å². The Hall–Kier alpha value is -2.44. The Morgan fingerprint density at radius 3 is 2.46 bits per heavy atom. The number of fused-ring (bicyclic) bond motifs is 2. The lowest BCUT2D eigenvalue weighted by Gasteiger charge is -2.44. The van der Waals surface area contributed by atoms with Crippen molar-refractivity contribution in [1.82, 2.24) is 4.98 Å². The summed E-state index contributed by atoms with van der Waals surface area (Å²) in [6.45, 7) is 0. The molecule has 5 rings (SSSR count). The van der Waals surface area contributed by atoms with Gasteiger partial charge in [0.05, 0.1) is 15.2 Å². The third-order valence-electron chi connectivity index (χ3n) is 7.51. The first kappa shape index (κ1) is 26.2. The van der Waals surface area contributed by atoms with Crippen molar-refractivity contribution in [1.29, 1.82) is 0 Å². The Kier molecular flexibility index (Phi) is 6.86. The highest BCUT2D eigenvalue weighted by atomic mass is 35.5. The molecule has 0 saturated heterocycles. The molecule has 3 atom stereocenters. The van der Waals surface area contributed by atoms with Gasteiger partial charge in [-0.3, -0.25) is 4.79 Å². The minimum Gasteiger partial charge on any atom is -0.386 e. The van der Waals surface area contributed by atoms with Crippen molar-refractivity contribution in [2.24, 2.45) is 11.8 Å². The third-order valence-corrected chi connectivity index (χ3v) is 11.0. The zero-order valence-corrected chi connectivity index (χ0v) is 21.7. The number of amides is 1. The molecule has 0 aliphatic heterocycles. The van der Waals surface area contributed by atoms with Gasteiger partial charge < -0.3 is 15.5 Å². The van der Waals surface area contributed by atoms with E-state index in [0.717, 1.165) is 12.1 Å². The predicted molar refractivity (Wildman–Crippen MR) is 134 cm³/mol. The van der Waals surface area contributed by atoms with Gasteiger partial charge in [-0.2, -0.15) is 0 Å². The van der Waals surface area contributed by atoms with E-state index >= 15 is 0 Å². The van der Waals surface area contributed by atoms with Gasteiger partial charge in [0.15, 0.2) is 21.5 Å². The van der Waals surface area contributed by atoms with Crippen LogP contribution in [0.1, 0.15) is 47.2 Å². The van der Waals surface area contributed by atoms with E-state index in [1.54, 1.807) is 11.6 Å². The summed E-state index contributed by atoms with van der Waals surface area (Å²) in [4.78, 5) is 16.6. The summed E-state index contributed by atoms with van der Waals surface area (Å²) in [7, 11) is -4.02. The molecule has 2 aliphatic carbocycles. The van der Waals surface area contributed by atoms with E-state index in [-0.39, 0.29) is 34.0 Å². The molecule has 0 spiro atoms. The first-order chi connectivity index (χ1) is 17.5. The molecule has 2 fully saturated rings. The standard InChI is InChI=1S/C25H23ClF2N2O5S2/c26-18-5-1-13(23(32)30-16-4-6-19(27)20(28)12-16)9-21(18)37(34,35)17-10-14-2-3-15(11-17)25(14,33)22(31)24-29-7-8-36-24/h1,4-9,12,14-15,17,22,31,33H,2-3,10-11H2,(H,30,32). The second-order valence-electron chi connectivity index (χ2n) is 9.50. The van der Waals surface area contributed by atoms with Crippen molar-refractivity contribution >= 4 is 44.4 Å². The molecule has 2 aliphatic rings. The van der Waals surface area contributed by atoms with Crippen molar-refractivity contribution in [3.05, 3.63) is 75.2 Å². The van der Waals surface area contributed by atoms with Gasteiger partial charge in [-0.15, -0.1) is 11.3 Å². The average Bonchev–Trinajstić information content (AvgIpc) is 3.43. The minimum atomic E-state index is -4.02. The number of sulfone groups is 1. The number of aromatic nitrogens is 1. The van der Waals surface area contributed by atoms with E-state index < -0.39 is 56.2 Å². The molecule has 3 N–H and O–H groups in total. The van der Waals surface area contributed by atoms with E-state index in [9.17, 15) is 32.2 Å². The van der Waals surface area contributed by atoms with Crippen molar-refractivity contribution in [3.63, 3.8) is 0 Å². The largest absolute Gasteiger partial charge is 0.386 e. The van der Waals surface area contributed by atoms with Crippen LogP contribution in [0.15, 0.2) is 52.9 Å². The maximum atomic E-state index is 13.7.